The van der Waals surface area contributed by atoms with Crippen molar-refractivity contribution in [2.75, 3.05) is 12.0 Å². The molecular formula is C23H21Cl2FN4O3. The first kappa shape index (κ1) is 24.6. The lowest BCUT2D eigenvalue weighted by Crippen LogP contribution is -2.33. The van der Waals surface area contributed by atoms with Gasteiger partial charge in [-0.15, -0.1) is 0 Å². The largest absolute Gasteiger partial charge is 0.446 e. The zero-order valence-electron chi connectivity index (χ0n) is 17.9. The fourth-order valence-electron chi connectivity index (χ4n) is 3.27. The lowest BCUT2D eigenvalue weighted by molar-refractivity contribution is -0.136. The number of rotatable bonds is 9. The summed E-state index contributed by atoms with van der Waals surface area (Å²) in [6.07, 6.45) is 0.464. The number of hydrogen-bond donors (Lipinski definition) is 2. The standard InChI is InChI=1S/C23H21Cl2FN4O3/c1-13-7-15(11-28-20(10-26)33-12-31)8-14(2)21(13)30-23(32)22-27-6-5-19(29-22)17-9-16(24)3-4-18(17)25/h3-9,12,20,28H,10-11H2,1-2H3,(H,30,32). The summed E-state index contributed by atoms with van der Waals surface area (Å²) in [6, 6.07) is 10.3. The first-order chi connectivity index (χ1) is 15.8. The molecule has 2 aromatic carbocycles. The minimum Gasteiger partial charge on any atom is -0.446 e. The van der Waals surface area contributed by atoms with Gasteiger partial charge in [-0.2, -0.15) is 0 Å². The van der Waals surface area contributed by atoms with Crippen LogP contribution in [-0.2, 0) is 16.1 Å². The van der Waals surface area contributed by atoms with Gasteiger partial charge in [0.2, 0.25) is 5.82 Å². The van der Waals surface area contributed by atoms with Crippen LogP contribution in [0.4, 0.5) is 10.1 Å². The molecular weight excluding hydrogens is 470 g/mol. The van der Waals surface area contributed by atoms with E-state index in [1.807, 2.05) is 26.0 Å². The van der Waals surface area contributed by atoms with Crippen molar-refractivity contribution in [3.8, 4) is 11.3 Å². The van der Waals surface area contributed by atoms with Gasteiger partial charge in [0.05, 0.1) is 10.7 Å². The number of alkyl halides is 1. The maximum absolute atomic E-state index is 12.9. The van der Waals surface area contributed by atoms with Gasteiger partial charge < -0.3 is 10.1 Å². The third-order valence-electron chi connectivity index (χ3n) is 4.79. The third-order valence-corrected chi connectivity index (χ3v) is 5.35. The number of ether oxygens (including phenoxy) is 1. The number of benzene rings is 2. The van der Waals surface area contributed by atoms with Crippen LogP contribution in [-0.4, -0.2) is 35.2 Å². The van der Waals surface area contributed by atoms with Crippen LogP contribution >= 0.6 is 23.2 Å². The molecule has 33 heavy (non-hydrogen) atoms. The van der Waals surface area contributed by atoms with E-state index >= 15 is 0 Å². The van der Waals surface area contributed by atoms with E-state index in [1.165, 1.54) is 6.20 Å². The number of anilines is 1. The summed E-state index contributed by atoms with van der Waals surface area (Å²) in [5.41, 5.74) is 4.10. The van der Waals surface area contributed by atoms with Crippen molar-refractivity contribution in [1.82, 2.24) is 15.3 Å². The normalized spacial score (nSPS) is 11.7. The van der Waals surface area contributed by atoms with Crippen molar-refractivity contribution >= 4 is 41.3 Å². The van der Waals surface area contributed by atoms with Gasteiger partial charge in [0, 0.05) is 29.0 Å². The fourth-order valence-corrected chi connectivity index (χ4v) is 3.66. The summed E-state index contributed by atoms with van der Waals surface area (Å²) < 4.78 is 17.4. The van der Waals surface area contributed by atoms with Gasteiger partial charge >= 0.3 is 0 Å². The number of hydrogen-bond acceptors (Lipinski definition) is 6. The van der Waals surface area contributed by atoms with E-state index < -0.39 is 18.8 Å². The van der Waals surface area contributed by atoms with Crippen molar-refractivity contribution in [2.24, 2.45) is 0 Å². The molecule has 2 N–H and O–H groups in total. The molecule has 0 bridgehead atoms. The van der Waals surface area contributed by atoms with Gasteiger partial charge in [0.1, 0.15) is 6.67 Å². The fraction of sp³-hybridized carbons (Fsp3) is 0.217. The molecule has 0 radical (unpaired) electrons. The topological polar surface area (TPSA) is 93.2 Å². The molecule has 0 aliphatic heterocycles. The van der Waals surface area contributed by atoms with Crippen molar-refractivity contribution < 1.29 is 18.7 Å². The van der Waals surface area contributed by atoms with Crippen molar-refractivity contribution in [3.63, 3.8) is 0 Å². The molecule has 7 nitrogen and oxygen atoms in total. The Hall–Kier alpha value is -3.07. The Labute approximate surface area is 200 Å². The molecule has 172 valence electrons. The highest BCUT2D eigenvalue weighted by Crippen LogP contribution is 2.29. The summed E-state index contributed by atoms with van der Waals surface area (Å²) in [4.78, 5) is 31.7. The minimum absolute atomic E-state index is 0.0233. The van der Waals surface area contributed by atoms with Gasteiger partial charge in [0.25, 0.3) is 12.4 Å². The van der Waals surface area contributed by atoms with Crippen LogP contribution in [0.25, 0.3) is 11.3 Å². The number of halogens is 3. The SMILES string of the molecule is Cc1cc(CNC(CF)OC=O)cc(C)c1NC(=O)c1nccc(-c2cc(Cl)ccc2Cl)n1. The van der Waals surface area contributed by atoms with Crippen LogP contribution in [0.15, 0.2) is 42.6 Å². The first-order valence-corrected chi connectivity index (χ1v) is 10.7. The molecule has 10 heteroatoms. The van der Waals surface area contributed by atoms with E-state index in [4.69, 9.17) is 23.2 Å². The molecule has 0 aliphatic carbocycles. The molecule has 1 aromatic heterocycles. The zero-order chi connectivity index (χ0) is 24.0. The lowest BCUT2D eigenvalue weighted by atomic mass is 10.0. The molecule has 0 spiro atoms. The molecule has 1 amide bonds. The van der Waals surface area contributed by atoms with Crippen LogP contribution in [0.1, 0.15) is 27.3 Å². The molecule has 0 saturated heterocycles. The highest BCUT2D eigenvalue weighted by Gasteiger charge is 2.16. The van der Waals surface area contributed by atoms with E-state index in [2.05, 4.69) is 25.3 Å². The minimum atomic E-state index is -1.01. The maximum Gasteiger partial charge on any atom is 0.294 e. The molecule has 0 fully saturated rings. The average Bonchev–Trinajstić information content (AvgIpc) is 2.80. The van der Waals surface area contributed by atoms with E-state index in [-0.39, 0.29) is 18.8 Å². The van der Waals surface area contributed by atoms with Crippen LogP contribution in [0.5, 0.6) is 0 Å². The van der Waals surface area contributed by atoms with Crippen LogP contribution in [0.2, 0.25) is 10.0 Å². The highest BCUT2D eigenvalue weighted by molar-refractivity contribution is 6.35. The molecule has 0 aliphatic rings. The van der Waals surface area contributed by atoms with Crippen LogP contribution in [0.3, 0.4) is 0 Å². The van der Waals surface area contributed by atoms with Gasteiger partial charge in [-0.25, -0.2) is 14.4 Å². The molecule has 3 rings (SSSR count). The smallest absolute Gasteiger partial charge is 0.294 e. The Morgan fingerprint density at radius 3 is 2.58 bits per heavy atom. The Balaban J connectivity index is 1.78. The lowest BCUT2D eigenvalue weighted by Gasteiger charge is -2.16. The number of nitrogens with zero attached hydrogens (tertiary/aromatic N) is 2. The van der Waals surface area contributed by atoms with Gasteiger partial charge in [-0.3, -0.25) is 14.9 Å². The number of carbonyl (C=O) groups is 2. The molecule has 3 aromatic rings. The average molecular weight is 491 g/mol. The van der Waals surface area contributed by atoms with Gasteiger partial charge in [-0.1, -0.05) is 35.3 Å². The molecule has 0 saturated carbocycles. The monoisotopic (exact) mass is 490 g/mol. The number of aromatic nitrogens is 2. The summed E-state index contributed by atoms with van der Waals surface area (Å²) in [5, 5.41) is 6.60. The highest BCUT2D eigenvalue weighted by atomic mass is 35.5. The van der Waals surface area contributed by atoms with E-state index in [1.54, 1.807) is 24.3 Å². The Kier molecular flexibility index (Phi) is 8.32. The Morgan fingerprint density at radius 2 is 1.91 bits per heavy atom. The summed E-state index contributed by atoms with van der Waals surface area (Å²) >= 11 is 12.3. The van der Waals surface area contributed by atoms with Crippen LogP contribution < -0.4 is 10.6 Å². The van der Waals surface area contributed by atoms with E-state index in [0.717, 1.165) is 16.7 Å². The predicted octanol–water partition coefficient (Wildman–Crippen LogP) is 4.88. The van der Waals surface area contributed by atoms with Crippen molar-refractivity contribution in [1.29, 1.82) is 0 Å². The van der Waals surface area contributed by atoms with E-state index in [0.29, 0.717) is 27.0 Å². The Morgan fingerprint density at radius 1 is 1.18 bits per heavy atom. The van der Waals surface area contributed by atoms with Crippen molar-refractivity contribution in [2.45, 2.75) is 26.6 Å². The zero-order valence-corrected chi connectivity index (χ0v) is 19.4. The quantitative estimate of drug-likeness (QED) is 0.328. The first-order valence-electron chi connectivity index (χ1n) is 9.90. The molecule has 1 unspecified atom stereocenters. The van der Waals surface area contributed by atoms with E-state index in [9.17, 15) is 14.0 Å². The second kappa shape index (κ2) is 11.2. The molecule has 1 atom stereocenters. The maximum atomic E-state index is 12.9. The Bertz CT molecular complexity index is 1150. The summed E-state index contributed by atoms with van der Waals surface area (Å²) in [6.45, 7) is 3.31. The van der Waals surface area contributed by atoms with Crippen molar-refractivity contribution in [3.05, 3.63) is 75.2 Å². The number of aryl methyl sites for hydroxylation is 2. The predicted molar refractivity (Wildman–Crippen MR) is 125 cm³/mol. The van der Waals surface area contributed by atoms with Crippen LogP contribution in [0, 0.1) is 13.8 Å². The summed E-state index contributed by atoms with van der Waals surface area (Å²) in [7, 11) is 0. The summed E-state index contributed by atoms with van der Waals surface area (Å²) in [5.74, 6) is -0.506. The van der Waals surface area contributed by atoms with Gasteiger partial charge in [-0.05, 0) is 54.8 Å². The number of carbonyl (C=O) groups excluding carboxylic acids is 2. The second-order valence-corrected chi connectivity index (χ2v) is 8.05. The molecule has 1 heterocycles. The van der Waals surface area contributed by atoms with Gasteiger partial charge in [0.15, 0.2) is 6.23 Å². The third kappa shape index (κ3) is 6.25. The number of nitrogens with one attached hydrogen (secondary N) is 2. The second-order valence-electron chi connectivity index (χ2n) is 7.20. The number of amides is 1.